The molecule has 0 fully saturated rings. The molecule has 0 saturated heterocycles. The first kappa shape index (κ1) is 17.3. The van der Waals surface area contributed by atoms with Gasteiger partial charge in [-0.25, -0.2) is 4.99 Å². The fraction of sp³-hybridized carbons (Fsp3) is 0.0909. The van der Waals surface area contributed by atoms with Crippen LogP contribution in [0.15, 0.2) is 65.7 Å². The van der Waals surface area contributed by atoms with Crippen LogP contribution in [0.5, 0.6) is 11.5 Å². The molecule has 1 aliphatic rings. The van der Waals surface area contributed by atoms with E-state index < -0.39 is 0 Å². The number of halogens is 1. The van der Waals surface area contributed by atoms with Crippen molar-refractivity contribution in [3.8, 4) is 11.5 Å². The molecule has 0 unspecified atom stereocenters. The van der Waals surface area contributed by atoms with Gasteiger partial charge in [0, 0.05) is 5.56 Å². The van der Waals surface area contributed by atoms with Crippen molar-refractivity contribution >= 4 is 34.6 Å². The normalized spacial score (nSPS) is 14.2. The largest absolute Gasteiger partial charge is 0.457 e. The number of anilines is 1. The molecule has 0 aliphatic carbocycles. The number of carbonyl (C=O) groups excluding carboxylic acids is 1. The van der Waals surface area contributed by atoms with Gasteiger partial charge in [0.25, 0.3) is 5.91 Å². The third kappa shape index (κ3) is 3.32. The van der Waals surface area contributed by atoms with Crippen molar-refractivity contribution < 1.29 is 9.53 Å². The maximum Gasteiger partial charge on any atom is 0.275 e. The summed E-state index contributed by atoms with van der Waals surface area (Å²) in [7, 11) is 0. The lowest BCUT2D eigenvalue weighted by Gasteiger charge is -2.10. The lowest BCUT2D eigenvalue weighted by Crippen LogP contribution is -2.13. The zero-order valence-corrected chi connectivity index (χ0v) is 15.7. The number of fused-ring (bicyclic) bond motifs is 1. The van der Waals surface area contributed by atoms with Gasteiger partial charge in [0.2, 0.25) is 0 Å². The zero-order chi connectivity index (χ0) is 19.0. The second kappa shape index (κ2) is 6.89. The van der Waals surface area contributed by atoms with E-state index in [0.29, 0.717) is 33.4 Å². The quantitative estimate of drug-likeness (QED) is 0.625. The molecule has 3 aromatic rings. The molecule has 0 radical (unpaired) electrons. The lowest BCUT2D eigenvalue weighted by molar-refractivity contribution is -0.110. The standard InChI is InChI=1S/C22H17ClN2O2/c1-13-5-3-8-19(14(13)2)27-16-11-9-15(10-12-16)24-21-17-6-4-7-18(23)20(17)25-22(21)26/h3-12H,1-2H3,(H,24,25,26). The number of rotatable bonds is 3. The van der Waals surface area contributed by atoms with E-state index in [1.807, 2.05) is 49.4 Å². The number of nitrogens with zero attached hydrogens (tertiary/aromatic N) is 1. The first-order valence-electron chi connectivity index (χ1n) is 8.56. The van der Waals surface area contributed by atoms with Crippen LogP contribution < -0.4 is 10.1 Å². The van der Waals surface area contributed by atoms with E-state index in [4.69, 9.17) is 16.3 Å². The molecule has 134 valence electrons. The average molecular weight is 377 g/mol. The highest BCUT2D eigenvalue weighted by Gasteiger charge is 2.27. The van der Waals surface area contributed by atoms with Crippen molar-refractivity contribution in [2.45, 2.75) is 13.8 Å². The number of amides is 1. The van der Waals surface area contributed by atoms with Crippen molar-refractivity contribution in [2.75, 3.05) is 5.32 Å². The Morgan fingerprint density at radius 1 is 0.963 bits per heavy atom. The van der Waals surface area contributed by atoms with Crippen LogP contribution in [0.2, 0.25) is 5.02 Å². The minimum Gasteiger partial charge on any atom is -0.457 e. The summed E-state index contributed by atoms with van der Waals surface area (Å²) in [5.74, 6) is 1.29. The highest BCUT2D eigenvalue weighted by molar-refractivity contribution is 6.55. The summed E-state index contributed by atoms with van der Waals surface area (Å²) in [4.78, 5) is 16.7. The Hall–Kier alpha value is -3.11. The summed E-state index contributed by atoms with van der Waals surface area (Å²) in [6.07, 6.45) is 0. The molecule has 0 saturated carbocycles. The summed E-state index contributed by atoms with van der Waals surface area (Å²) in [6, 6.07) is 18.7. The highest BCUT2D eigenvalue weighted by atomic mass is 35.5. The minimum absolute atomic E-state index is 0.256. The van der Waals surface area contributed by atoms with Crippen LogP contribution in [-0.2, 0) is 4.79 Å². The SMILES string of the molecule is Cc1cccc(Oc2ccc(N=C3C(=O)Nc4c(Cl)cccc43)cc2)c1C. The molecular formula is C22H17ClN2O2. The van der Waals surface area contributed by atoms with Gasteiger partial charge in [-0.1, -0.05) is 35.9 Å². The van der Waals surface area contributed by atoms with E-state index in [1.165, 1.54) is 5.56 Å². The molecule has 0 aromatic heterocycles. The number of hydrogen-bond donors (Lipinski definition) is 1. The molecule has 0 bridgehead atoms. The van der Waals surface area contributed by atoms with Crippen molar-refractivity contribution in [2.24, 2.45) is 4.99 Å². The molecule has 4 nitrogen and oxygen atoms in total. The maximum atomic E-state index is 12.2. The third-order valence-electron chi connectivity index (χ3n) is 4.58. The monoisotopic (exact) mass is 376 g/mol. The van der Waals surface area contributed by atoms with Crippen molar-refractivity contribution in [3.05, 3.63) is 82.4 Å². The summed E-state index contributed by atoms with van der Waals surface area (Å²) in [5, 5.41) is 3.27. The average Bonchev–Trinajstić information content (AvgIpc) is 2.98. The van der Waals surface area contributed by atoms with Crippen LogP contribution in [0, 0.1) is 13.8 Å². The first-order valence-corrected chi connectivity index (χ1v) is 8.94. The van der Waals surface area contributed by atoms with E-state index in [2.05, 4.69) is 23.3 Å². The molecular weight excluding hydrogens is 360 g/mol. The van der Waals surface area contributed by atoms with Crippen LogP contribution in [0.4, 0.5) is 11.4 Å². The number of ether oxygens (including phenoxy) is 1. The van der Waals surface area contributed by atoms with E-state index in [0.717, 1.165) is 11.3 Å². The molecule has 1 amide bonds. The Labute approximate surface area is 162 Å². The van der Waals surface area contributed by atoms with Gasteiger partial charge in [0.05, 0.1) is 16.4 Å². The molecule has 0 spiro atoms. The number of carbonyl (C=O) groups is 1. The van der Waals surface area contributed by atoms with Gasteiger partial charge >= 0.3 is 0 Å². The molecule has 1 N–H and O–H groups in total. The van der Waals surface area contributed by atoms with Crippen LogP contribution >= 0.6 is 11.6 Å². The van der Waals surface area contributed by atoms with Gasteiger partial charge in [-0.3, -0.25) is 4.79 Å². The fourth-order valence-electron chi connectivity index (χ4n) is 2.93. The molecule has 3 aromatic carbocycles. The van der Waals surface area contributed by atoms with Crippen LogP contribution in [0.3, 0.4) is 0 Å². The fourth-order valence-corrected chi connectivity index (χ4v) is 3.16. The molecule has 1 aliphatic heterocycles. The number of nitrogens with one attached hydrogen (secondary N) is 1. The number of aryl methyl sites for hydroxylation is 1. The second-order valence-electron chi connectivity index (χ2n) is 6.37. The number of para-hydroxylation sites is 1. The van der Waals surface area contributed by atoms with Gasteiger partial charge in [0.1, 0.15) is 17.2 Å². The molecule has 5 heteroatoms. The first-order chi connectivity index (χ1) is 13.0. The zero-order valence-electron chi connectivity index (χ0n) is 14.9. The predicted molar refractivity (Wildman–Crippen MR) is 109 cm³/mol. The van der Waals surface area contributed by atoms with Gasteiger partial charge in [0.15, 0.2) is 0 Å². The van der Waals surface area contributed by atoms with Gasteiger partial charge < -0.3 is 10.1 Å². The van der Waals surface area contributed by atoms with E-state index in [-0.39, 0.29) is 5.91 Å². The Kier molecular flexibility index (Phi) is 4.42. The Bertz CT molecular complexity index is 1070. The topological polar surface area (TPSA) is 50.7 Å². The molecule has 1 heterocycles. The molecule has 27 heavy (non-hydrogen) atoms. The van der Waals surface area contributed by atoms with Crippen molar-refractivity contribution in [1.29, 1.82) is 0 Å². The number of hydrogen-bond acceptors (Lipinski definition) is 3. The van der Waals surface area contributed by atoms with Gasteiger partial charge in [-0.15, -0.1) is 0 Å². The van der Waals surface area contributed by atoms with E-state index in [1.54, 1.807) is 12.1 Å². The number of aliphatic imine (C=N–C) groups is 1. The minimum atomic E-state index is -0.256. The number of benzene rings is 3. The third-order valence-corrected chi connectivity index (χ3v) is 4.90. The van der Waals surface area contributed by atoms with Crippen molar-refractivity contribution in [3.63, 3.8) is 0 Å². The molecule has 0 atom stereocenters. The van der Waals surface area contributed by atoms with Crippen LogP contribution in [0.25, 0.3) is 0 Å². The highest BCUT2D eigenvalue weighted by Crippen LogP contribution is 2.33. The Balaban J connectivity index is 1.60. The predicted octanol–water partition coefficient (Wildman–Crippen LogP) is 5.82. The van der Waals surface area contributed by atoms with Crippen LogP contribution in [-0.4, -0.2) is 11.6 Å². The van der Waals surface area contributed by atoms with Crippen LogP contribution in [0.1, 0.15) is 16.7 Å². The second-order valence-corrected chi connectivity index (χ2v) is 6.78. The van der Waals surface area contributed by atoms with Gasteiger partial charge in [-0.2, -0.15) is 0 Å². The van der Waals surface area contributed by atoms with E-state index >= 15 is 0 Å². The summed E-state index contributed by atoms with van der Waals surface area (Å²) in [5.41, 5.74) is 4.64. The molecule has 4 rings (SSSR count). The Morgan fingerprint density at radius 2 is 1.70 bits per heavy atom. The smallest absolute Gasteiger partial charge is 0.275 e. The lowest BCUT2D eigenvalue weighted by atomic mass is 10.1. The summed E-state index contributed by atoms with van der Waals surface area (Å²) >= 11 is 6.14. The summed E-state index contributed by atoms with van der Waals surface area (Å²) < 4.78 is 5.96. The summed E-state index contributed by atoms with van der Waals surface area (Å²) in [6.45, 7) is 4.09. The maximum absolute atomic E-state index is 12.2. The Morgan fingerprint density at radius 3 is 2.48 bits per heavy atom. The van der Waals surface area contributed by atoms with E-state index in [9.17, 15) is 4.79 Å². The van der Waals surface area contributed by atoms with Gasteiger partial charge in [-0.05, 0) is 61.4 Å². The van der Waals surface area contributed by atoms with Crippen molar-refractivity contribution in [1.82, 2.24) is 0 Å².